The van der Waals surface area contributed by atoms with Gasteiger partial charge >= 0.3 is 5.97 Å². The van der Waals surface area contributed by atoms with Gasteiger partial charge < -0.3 is 9.64 Å². The molecule has 0 aromatic heterocycles. The fraction of sp³-hybridized carbons (Fsp3) is 0.533. The van der Waals surface area contributed by atoms with Gasteiger partial charge in [0.2, 0.25) is 0 Å². The summed E-state index contributed by atoms with van der Waals surface area (Å²) in [6.07, 6.45) is 1.97. The Morgan fingerprint density at radius 3 is 2.39 bits per heavy atom. The van der Waals surface area contributed by atoms with E-state index in [1.807, 2.05) is 11.9 Å². The molecule has 1 rings (SSSR count). The van der Waals surface area contributed by atoms with Gasteiger partial charge in [-0.2, -0.15) is 0 Å². The van der Waals surface area contributed by atoms with Crippen LogP contribution in [0.25, 0.3) is 0 Å². The fourth-order valence-electron chi connectivity index (χ4n) is 1.83. The highest BCUT2D eigenvalue weighted by Gasteiger charge is 2.09. The molecule has 0 atom stereocenters. The SMILES string of the molecule is CCCCOC(=O)CN(C)c1cc(C)cc(C)c1. The standard InChI is InChI=1S/C15H23NO2/c1-5-6-7-18-15(17)11-16(4)14-9-12(2)8-13(3)10-14/h8-10H,5-7,11H2,1-4H3. The first-order chi connectivity index (χ1) is 8.52. The van der Waals surface area contributed by atoms with Crippen molar-refractivity contribution in [1.29, 1.82) is 0 Å². The molecule has 0 unspecified atom stereocenters. The van der Waals surface area contributed by atoms with E-state index >= 15 is 0 Å². The number of benzene rings is 1. The van der Waals surface area contributed by atoms with E-state index in [9.17, 15) is 4.79 Å². The largest absolute Gasteiger partial charge is 0.464 e. The van der Waals surface area contributed by atoms with Gasteiger partial charge in [-0.15, -0.1) is 0 Å². The molecule has 0 amide bonds. The number of ether oxygens (including phenoxy) is 1. The van der Waals surface area contributed by atoms with E-state index < -0.39 is 0 Å². The number of unbranched alkanes of at least 4 members (excludes halogenated alkanes) is 1. The molecule has 100 valence electrons. The fourth-order valence-corrected chi connectivity index (χ4v) is 1.83. The Balaban J connectivity index is 2.53. The molecule has 0 aliphatic heterocycles. The van der Waals surface area contributed by atoms with Crippen molar-refractivity contribution in [1.82, 2.24) is 0 Å². The summed E-state index contributed by atoms with van der Waals surface area (Å²) in [6.45, 7) is 7.02. The second-order valence-corrected chi connectivity index (χ2v) is 4.78. The van der Waals surface area contributed by atoms with Crippen LogP contribution in [0, 0.1) is 13.8 Å². The summed E-state index contributed by atoms with van der Waals surface area (Å²) in [5.41, 5.74) is 3.47. The lowest BCUT2D eigenvalue weighted by Crippen LogP contribution is -2.27. The maximum Gasteiger partial charge on any atom is 0.325 e. The lowest BCUT2D eigenvalue weighted by molar-refractivity contribution is -0.142. The first kappa shape index (κ1) is 14.6. The highest BCUT2D eigenvalue weighted by molar-refractivity contribution is 5.75. The van der Waals surface area contributed by atoms with Crippen LogP contribution in [0.2, 0.25) is 0 Å². The zero-order chi connectivity index (χ0) is 13.5. The molecule has 1 aromatic rings. The molecule has 1 aromatic carbocycles. The number of hydrogen-bond acceptors (Lipinski definition) is 3. The van der Waals surface area contributed by atoms with Crippen LogP contribution in [-0.2, 0) is 9.53 Å². The number of aryl methyl sites for hydroxylation is 2. The Hall–Kier alpha value is -1.51. The zero-order valence-electron chi connectivity index (χ0n) is 11.8. The summed E-state index contributed by atoms with van der Waals surface area (Å²) >= 11 is 0. The molecule has 0 aliphatic rings. The molecule has 0 N–H and O–H groups in total. The third-order valence-corrected chi connectivity index (χ3v) is 2.77. The maximum absolute atomic E-state index is 11.6. The van der Waals surface area contributed by atoms with Crippen LogP contribution < -0.4 is 4.90 Å². The molecular formula is C15H23NO2. The summed E-state index contributed by atoms with van der Waals surface area (Å²) in [5, 5.41) is 0. The molecular weight excluding hydrogens is 226 g/mol. The summed E-state index contributed by atoms with van der Waals surface area (Å²) in [7, 11) is 1.91. The number of nitrogens with zero attached hydrogens (tertiary/aromatic N) is 1. The van der Waals surface area contributed by atoms with Crippen LogP contribution in [0.1, 0.15) is 30.9 Å². The predicted octanol–water partition coefficient (Wildman–Crippen LogP) is 3.08. The second kappa shape index (κ2) is 7.04. The minimum Gasteiger partial charge on any atom is -0.464 e. The maximum atomic E-state index is 11.6. The molecule has 0 bridgehead atoms. The highest BCUT2D eigenvalue weighted by Crippen LogP contribution is 2.17. The summed E-state index contributed by atoms with van der Waals surface area (Å²) in [6, 6.07) is 6.27. The van der Waals surface area contributed by atoms with E-state index in [0.29, 0.717) is 13.2 Å². The van der Waals surface area contributed by atoms with Gasteiger partial charge in [-0.1, -0.05) is 19.4 Å². The highest BCUT2D eigenvalue weighted by atomic mass is 16.5. The summed E-state index contributed by atoms with van der Waals surface area (Å²) < 4.78 is 5.15. The Morgan fingerprint density at radius 2 is 1.83 bits per heavy atom. The van der Waals surface area contributed by atoms with Gasteiger partial charge in [-0.3, -0.25) is 4.79 Å². The van der Waals surface area contributed by atoms with E-state index in [2.05, 4.69) is 39.0 Å². The van der Waals surface area contributed by atoms with Crippen molar-refractivity contribution in [2.75, 3.05) is 25.1 Å². The van der Waals surface area contributed by atoms with E-state index in [1.54, 1.807) is 0 Å². The third-order valence-electron chi connectivity index (χ3n) is 2.77. The first-order valence-electron chi connectivity index (χ1n) is 6.48. The average molecular weight is 249 g/mol. The number of carbonyl (C=O) groups is 1. The van der Waals surface area contributed by atoms with E-state index in [4.69, 9.17) is 4.74 Å². The predicted molar refractivity (Wildman–Crippen MR) is 75.1 cm³/mol. The van der Waals surface area contributed by atoms with Crippen LogP contribution in [0.4, 0.5) is 5.69 Å². The molecule has 0 radical (unpaired) electrons. The second-order valence-electron chi connectivity index (χ2n) is 4.78. The van der Waals surface area contributed by atoms with Gasteiger partial charge in [0.05, 0.1) is 6.61 Å². The van der Waals surface area contributed by atoms with Crippen LogP contribution in [0.15, 0.2) is 18.2 Å². The first-order valence-corrected chi connectivity index (χ1v) is 6.48. The number of likely N-dealkylation sites (N-methyl/N-ethyl adjacent to an activating group) is 1. The minimum atomic E-state index is -0.162. The number of rotatable bonds is 6. The van der Waals surface area contributed by atoms with Gasteiger partial charge in [0.15, 0.2) is 0 Å². The Kier molecular flexibility index (Phi) is 5.69. The number of carbonyl (C=O) groups excluding carboxylic acids is 1. The Bertz CT molecular complexity index is 381. The lowest BCUT2D eigenvalue weighted by Gasteiger charge is -2.19. The topological polar surface area (TPSA) is 29.5 Å². The van der Waals surface area contributed by atoms with Crippen molar-refractivity contribution in [3.8, 4) is 0 Å². The molecule has 0 saturated heterocycles. The van der Waals surface area contributed by atoms with Crippen molar-refractivity contribution >= 4 is 11.7 Å². The van der Waals surface area contributed by atoms with E-state index in [1.165, 1.54) is 11.1 Å². The molecule has 0 spiro atoms. The normalized spacial score (nSPS) is 10.2. The smallest absolute Gasteiger partial charge is 0.325 e. The lowest BCUT2D eigenvalue weighted by atomic mass is 10.1. The monoisotopic (exact) mass is 249 g/mol. The van der Waals surface area contributed by atoms with Crippen LogP contribution in [-0.4, -0.2) is 26.2 Å². The third kappa shape index (κ3) is 4.78. The van der Waals surface area contributed by atoms with Gasteiger partial charge in [-0.05, 0) is 43.5 Å². The van der Waals surface area contributed by atoms with Crippen molar-refractivity contribution < 1.29 is 9.53 Å². The van der Waals surface area contributed by atoms with E-state index in [0.717, 1.165) is 18.5 Å². The Labute approximate surface area is 110 Å². The van der Waals surface area contributed by atoms with Crippen LogP contribution in [0.3, 0.4) is 0 Å². The number of hydrogen-bond donors (Lipinski definition) is 0. The quantitative estimate of drug-likeness (QED) is 0.573. The van der Waals surface area contributed by atoms with Gasteiger partial charge in [0.1, 0.15) is 6.54 Å². The molecule has 3 nitrogen and oxygen atoms in total. The van der Waals surface area contributed by atoms with E-state index in [-0.39, 0.29) is 5.97 Å². The van der Waals surface area contributed by atoms with Crippen molar-refractivity contribution in [2.24, 2.45) is 0 Å². The van der Waals surface area contributed by atoms with Crippen molar-refractivity contribution in [3.63, 3.8) is 0 Å². The average Bonchev–Trinajstić information content (AvgIpc) is 2.28. The van der Waals surface area contributed by atoms with Crippen LogP contribution in [0.5, 0.6) is 0 Å². The molecule has 18 heavy (non-hydrogen) atoms. The molecule has 3 heteroatoms. The minimum absolute atomic E-state index is 0.162. The molecule has 0 saturated carbocycles. The summed E-state index contributed by atoms with van der Waals surface area (Å²) in [4.78, 5) is 13.5. The molecule has 0 aliphatic carbocycles. The van der Waals surface area contributed by atoms with Crippen LogP contribution >= 0.6 is 0 Å². The molecule has 0 heterocycles. The van der Waals surface area contributed by atoms with Crippen molar-refractivity contribution in [2.45, 2.75) is 33.6 Å². The number of anilines is 1. The summed E-state index contributed by atoms with van der Waals surface area (Å²) in [5.74, 6) is -0.162. The van der Waals surface area contributed by atoms with Gasteiger partial charge in [0, 0.05) is 12.7 Å². The zero-order valence-corrected chi connectivity index (χ0v) is 11.8. The Morgan fingerprint density at radius 1 is 1.22 bits per heavy atom. The number of esters is 1. The van der Waals surface area contributed by atoms with Crippen molar-refractivity contribution in [3.05, 3.63) is 29.3 Å². The van der Waals surface area contributed by atoms with Gasteiger partial charge in [-0.25, -0.2) is 0 Å². The van der Waals surface area contributed by atoms with Gasteiger partial charge in [0.25, 0.3) is 0 Å². The molecule has 0 fully saturated rings.